The van der Waals surface area contributed by atoms with E-state index < -0.39 is 0 Å². The maximum absolute atomic E-state index is 11.9. The van der Waals surface area contributed by atoms with Crippen LogP contribution in [0.5, 0.6) is 0 Å². The fourth-order valence-electron chi connectivity index (χ4n) is 2.38. The van der Waals surface area contributed by atoms with Crippen LogP contribution in [0.15, 0.2) is 24.3 Å². The second-order valence-electron chi connectivity index (χ2n) is 4.73. The summed E-state index contributed by atoms with van der Waals surface area (Å²) in [5.41, 5.74) is 7.03. The zero-order chi connectivity index (χ0) is 12.1. The van der Waals surface area contributed by atoms with Crippen molar-refractivity contribution in [3.8, 4) is 0 Å². The Labute approximate surface area is 102 Å². The predicted octanol–water partition coefficient (Wildman–Crippen LogP) is 2.37. The molecule has 0 atom stereocenters. The Hall–Kier alpha value is -1.35. The summed E-state index contributed by atoms with van der Waals surface area (Å²) in [7, 11) is 0. The quantitative estimate of drug-likeness (QED) is 0.605. The highest BCUT2D eigenvalue weighted by Gasteiger charge is 2.14. The van der Waals surface area contributed by atoms with Crippen LogP contribution in [0, 0.1) is 0 Å². The molecule has 92 valence electrons. The minimum atomic E-state index is 0.169. The Morgan fingerprint density at radius 3 is 2.82 bits per heavy atom. The van der Waals surface area contributed by atoms with Crippen LogP contribution < -0.4 is 11.1 Å². The lowest BCUT2D eigenvalue weighted by atomic mass is 10.1. The molecule has 1 saturated carbocycles. The molecule has 1 aliphatic rings. The zero-order valence-electron chi connectivity index (χ0n) is 10.1. The van der Waals surface area contributed by atoms with Crippen molar-refractivity contribution in [1.29, 1.82) is 0 Å². The molecule has 0 amide bonds. The van der Waals surface area contributed by atoms with Crippen LogP contribution >= 0.6 is 0 Å². The fourth-order valence-corrected chi connectivity index (χ4v) is 2.38. The average molecular weight is 232 g/mol. The minimum absolute atomic E-state index is 0.169. The van der Waals surface area contributed by atoms with Crippen LogP contribution in [0.25, 0.3) is 0 Å². The highest BCUT2D eigenvalue weighted by Crippen LogP contribution is 2.17. The van der Waals surface area contributed by atoms with E-state index in [1.54, 1.807) is 12.1 Å². The van der Waals surface area contributed by atoms with Gasteiger partial charge < -0.3 is 11.1 Å². The summed E-state index contributed by atoms with van der Waals surface area (Å²) in [6.45, 7) is 0.776. The Bertz CT molecular complexity index is 384. The number of carbonyl (C=O) groups excluding carboxylic acids is 1. The molecule has 1 aliphatic carbocycles. The maximum Gasteiger partial charge on any atom is 0.164 e. The number of hydrogen-bond donors (Lipinski definition) is 2. The second kappa shape index (κ2) is 5.82. The third-order valence-electron chi connectivity index (χ3n) is 3.35. The van der Waals surface area contributed by atoms with E-state index >= 15 is 0 Å². The molecule has 3 N–H and O–H groups in total. The van der Waals surface area contributed by atoms with E-state index in [1.807, 2.05) is 12.1 Å². The average Bonchev–Trinajstić information content (AvgIpc) is 2.82. The van der Waals surface area contributed by atoms with Crippen molar-refractivity contribution in [2.45, 2.75) is 38.1 Å². The Morgan fingerprint density at radius 1 is 1.35 bits per heavy atom. The molecule has 0 bridgehead atoms. The molecule has 0 spiro atoms. The smallest absolute Gasteiger partial charge is 0.164 e. The van der Waals surface area contributed by atoms with Gasteiger partial charge in [0.25, 0.3) is 0 Å². The summed E-state index contributed by atoms with van der Waals surface area (Å²) in [5, 5.41) is 3.44. The van der Waals surface area contributed by atoms with Gasteiger partial charge in [-0.3, -0.25) is 4.79 Å². The summed E-state index contributed by atoms with van der Waals surface area (Å²) < 4.78 is 0. The predicted molar refractivity (Wildman–Crippen MR) is 70.1 cm³/mol. The molecule has 0 aliphatic heterocycles. The van der Waals surface area contributed by atoms with Crippen LogP contribution in [-0.4, -0.2) is 18.4 Å². The van der Waals surface area contributed by atoms with Gasteiger partial charge in [-0.05, 0) is 25.0 Å². The summed E-state index contributed by atoms with van der Waals surface area (Å²) >= 11 is 0. The van der Waals surface area contributed by atoms with Crippen molar-refractivity contribution >= 4 is 11.5 Å². The number of nitrogens with one attached hydrogen (secondary N) is 1. The van der Waals surface area contributed by atoms with E-state index in [2.05, 4.69) is 5.32 Å². The molecule has 0 heterocycles. The molecule has 2 rings (SSSR count). The van der Waals surface area contributed by atoms with E-state index in [0.29, 0.717) is 18.2 Å². The number of nitrogen functional groups attached to an aromatic ring is 1. The number of rotatable bonds is 5. The van der Waals surface area contributed by atoms with E-state index in [4.69, 9.17) is 5.73 Å². The molecule has 3 nitrogen and oxygen atoms in total. The molecule has 3 heteroatoms. The topological polar surface area (TPSA) is 55.1 Å². The molecular weight excluding hydrogens is 212 g/mol. The van der Waals surface area contributed by atoms with Crippen molar-refractivity contribution in [3.05, 3.63) is 29.8 Å². The van der Waals surface area contributed by atoms with Crippen molar-refractivity contribution < 1.29 is 4.79 Å². The second-order valence-corrected chi connectivity index (χ2v) is 4.73. The molecule has 1 fully saturated rings. The largest absolute Gasteiger partial charge is 0.399 e. The highest BCUT2D eigenvalue weighted by molar-refractivity contribution is 5.96. The van der Waals surface area contributed by atoms with Crippen LogP contribution in [0.3, 0.4) is 0 Å². The number of hydrogen-bond acceptors (Lipinski definition) is 3. The third-order valence-corrected chi connectivity index (χ3v) is 3.35. The van der Waals surface area contributed by atoms with Gasteiger partial charge in [-0.25, -0.2) is 0 Å². The number of ketones is 1. The van der Waals surface area contributed by atoms with Gasteiger partial charge in [0.05, 0.1) is 0 Å². The van der Waals surface area contributed by atoms with Crippen molar-refractivity contribution in [2.75, 3.05) is 12.3 Å². The normalized spacial score (nSPS) is 16.2. The number of benzene rings is 1. The third kappa shape index (κ3) is 3.56. The fraction of sp³-hybridized carbons (Fsp3) is 0.500. The van der Waals surface area contributed by atoms with Gasteiger partial charge in [0, 0.05) is 30.3 Å². The molecular formula is C14H20N2O. The lowest BCUT2D eigenvalue weighted by Gasteiger charge is -2.10. The van der Waals surface area contributed by atoms with Crippen LogP contribution in [-0.2, 0) is 0 Å². The Kier molecular flexibility index (Phi) is 4.15. The van der Waals surface area contributed by atoms with Gasteiger partial charge in [0.1, 0.15) is 0 Å². The van der Waals surface area contributed by atoms with Gasteiger partial charge in [0.15, 0.2) is 5.78 Å². The molecule has 0 aromatic heterocycles. The molecule has 0 radical (unpaired) electrons. The molecule has 17 heavy (non-hydrogen) atoms. The van der Waals surface area contributed by atoms with Crippen LogP contribution in [0.2, 0.25) is 0 Å². The first-order valence-electron chi connectivity index (χ1n) is 6.38. The first-order valence-corrected chi connectivity index (χ1v) is 6.38. The van der Waals surface area contributed by atoms with Gasteiger partial charge in [0.2, 0.25) is 0 Å². The number of nitrogens with two attached hydrogens (primary N) is 1. The number of carbonyl (C=O) groups is 1. The summed E-state index contributed by atoms with van der Waals surface area (Å²) in [6, 6.07) is 7.83. The van der Waals surface area contributed by atoms with Crippen molar-refractivity contribution in [2.24, 2.45) is 0 Å². The van der Waals surface area contributed by atoms with Gasteiger partial charge in [-0.1, -0.05) is 25.0 Å². The van der Waals surface area contributed by atoms with E-state index in [1.165, 1.54) is 25.7 Å². The molecule has 0 unspecified atom stereocenters. The summed E-state index contributed by atoms with van der Waals surface area (Å²) in [5.74, 6) is 0.169. The number of Topliss-reactive ketones (excluding diaryl/α,β-unsaturated/α-hetero) is 1. The Morgan fingerprint density at radius 2 is 2.12 bits per heavy atom. The van der Waals surface area contributed by atoms with E-state index in [9.17, 15) is 4.79 Å². The maximum atomic E-state index is 11.9. The monoisotopic (exact) mass is 232 g/mol. The van der Waals surface area contributed by atoms with E-state index in [0.717, 1.165) is 12.1 Å². The zero-order valence-corrected chi connectivity index (χ0v) is 10.1. The highest BCUT2D eigenvalue weighted by atomic mass is 16.1. The standard InChI is InChI=1S/C14H20N2O/c15-12-5-3-4-11(10-12)14(17)8-9-16-13-6-1-2-7-13/h3-5,10,13,16H,1-2,6-9,15H2. The van der Waals surface area contributed by atoms with Crippen LogP contribution in [0.1, 0.15) is 42.5 Å². The van der Waals surface area contributed by atoms with Crippen molar-refractivity contribution in [1.82, 2.24) is 5.32 Å². The summed E-state index contributed by atoms with van der Waals surface area (Å²) in [4.78, 5) is 11.9. The van der Waals surface area contributed by atoms with Crippen LogP contribution in [0.4, 0.5) is 5.69 Å². The molecule has 0 saturated heterocycles. The van der Waals surface area contributed by atoms with Gasteiger partial charge in [-0.2, -0.15) is 0 Å². The minimum Gasteiger partial charge on any atom is -0.399 e. The Balaban J connectivity index is 1.77. The lowest BCUT2D eigenvalue weighted by molar-refractivity contribution is 0.0981. The first kappa shape index (κ1) is 12.1. The number of anilines is 1. The van der Waals surface area contributed by atoms with Gasteiger partial charge >= 0.3 is 0 Å². The van der Waals surface area contributed by atoms with Gasteiger partial charge in [-0.15, -0.1) is 0 Å². The lowest BCUT2D eigenvalue weighted by Crippen LogP contribution is -2.28. The van der Waals surface area contributed by atoms with E-state index in [-0.39, 0.29) is 5.78 Å². The summed E-state index contributed by atoms with van der Waals surface area (Å²) in [6.07, 6.45) is 5.71. The molecule has 1 aromatic rings. The molecule has 1 aromatic carbocycles. The SMILES string of the molecule is Nc1cccc(C(=O)CCNC2CCCC2)c1. The first-order chi connectivity index (χ1) is 8.25. The van der Waals surface area contributed by atoms with Crippen molar-refractivity contribution in [3.63, 3.8) is 0 Å².